The smallest absolute Gasteiger partial charge is 0.416 e. The molecule has 0 amide bonds. The van der Waals surface area contributed by atoms with Crippen molar-refractivity contribution in [2.75, 3.05) is 5.32 Å². The summed E-state index contributed by atoms with van der Waals surface area (Å²) in [6, 6.07) is 9.61. The molecule has 0 aromatic heterocycles. The highest BCUT2D eigenvalue weighted by atomic mass is 35.5. The van der Waals surface area contributed by atoms with E-state index in [2.05, 4.69) is 5.32 Å². The number of anilines is 1. The van der Waals surface area contributed by atoms with Crippen molar-refractivity contribution in [2.24, 2.45) is 0 Å². The first kappa shape index (κ1) is 18.4. The van der Waals surface area contributed by atoms with Gasteiger partial charge in [0.15, 0.2) is 0 Å². The summed E-state index contributed by atoms with van der Waals surface area (Å²) < 4.78 is 37.4. The van der Waals surface area contributed by atoms with Gasteiger partial charge in [0, 0.05) is 11.2 Å². The van der Waals surface area contributed by atoms with Crippen LogP contribution in [0.5, 0.6) is 0 Å². The van der Waals surface area contributed by atoms with Gasteiger partial charge in [-0.25, -0.2) is 4.79 Å². The van der Waals surface area contributed by atoms with Crippen LogP contribution in [0.25, 0.3) is 0 Å². The van der Waals surface area contributed by atoms with Crippen LogP contribution < -0.4 is 5.32 Å². The Balaban J connectivity index is 2.01. The molecule has 2 rings (SSSR count). The third-order valence-electron chi connectivity index (χ3n) is 3.09. The molecule has 0 fully saturated rings. The van der Waals surface area contributed by atoms with Gasteiger partial charge in [-0.1, -0.05) is 29.8 Å². The predicted molar refractivity (Wildman–Crippen MR) is 92.2 cm³/mol. The Morgan fingerprint density at radius 3 is 2.46 bits per heavy atom. The molecule has 3 nitrogen and oxygen atoms in total. The molecule has 8 heteroatoms. The molecular formula is C16H13ClF3NO2S. The van der Waals surface area contributed by atoms with Crippen LogP contribution in [0.4, 0.5) is 18.9 Å². The molecule has 0 bridgehead atoms. The van der Waals surface area contributed by atoms with Crippen molar-refractivity contribution in [1.82, 2.24) is 0 Å². The molecule has 2 aromatic carbocycles. The lowest BCUT2D eigenvalue weighted by Crippen LogP contribution is -2.05. The van der Waals surface area contributed by atoms with E-state index in [9.17, 15) is 18.0 Å². The zero-order valence-corrected chi connectivity index (χ0v) is 13.8. The fourth-order valence-corrected chi connectivity index (χ4v) is 2.93. The summed E-state index contributed by atoms with van der Waals surface area (Å²) in [6.45, 7) is 0. The molecule has 0 saturated carbocycles. The zero-order valence-electron chi connectivity index (χ0n) is 12.1. The van der Waals surface area contributed by atoms with Crippen LogP contribution in [0.15, 0.2) is 42.5 Å². The van der Waals surface area contributed by atoms with Crippen molar-refractivity contribution < 1.29 is 23.1 Å². The highest BCUT2D eigenvalue weighted by Crippen LogP contribution is 2.29. The number of aromatic carboxylic acids is 1. The second-order valence-electron chi connectivity index (χ2n) is 4.78. The minimum atomic E-state index is -4.34. The SMILES string of the molecule is O=C(O)c1c(Cl)cccc1NC=[SH]Cc1ccc(C(F)(F)F)cc1. The summed E-state index contributed by atoms with van der Waals surface area (Å²) in [5, 5.41) is 12.1. The van der Waals surface area contributed by atoms with E-state index in [1.54, 1.807) is 17.6 Å². The number of carboxylic acids is 1. The Labute approximate surface area is 145 Å². The Kier molecular flexibility index (Phi) is 5.90. The first-order valence-corrected chi connectivity index (χ1v) is 8.24. The quantitative estimate of drug-likeness (QED) is 0.515. The molecular weight excluding hydrogens is 363 g/mol. The van der Waals surface area contributed by atoms with Gasteiger partial charge in [0.1, 0.15) is 5.56 Å². The van der Waals surface area contributed by atoms with Crippen molar-refractivity contribution in [1.29, 1.82) is 0 Å². The van der Waals surface area contributed by atoms with Crippen LogP contribution in [-0.4, -0.2) is 16.6 Å². The lowest BCUT2D eigenvalue weighted by Gasteiger charge is -2.08. The average molecular weight is 376 g/mol. The number of rotatable bonds is 5. The number of nitrogens with one attached hydrogen (secondary N) is 1. The molecule has 0 aliphatic rings. The second-order valence-corrected chi connectivity index (χ2v) is 6.12. The van der Waals surface area contributed by atoms with E-state index in [1.807, 2.05) is 0 Å². The molecule has 0 atom stereocenters. The van der Waals surface area contributed by atoms with Crippen LogP contribution in [0.3, 0.4) is 0 Å². The van der Waals surface area contributed by atoms with Gasteiger partial charge in [-0.05, 0) is 29.8 Å². The minimum absolute atomic E-state index is 0.0276. The predicted octanol–water partition coefficient (Wildman–Crippen LogP) is 4.89. The Bertz CT molecular complexity index is 761. The molecule has 128 valence electrons. The third kappa shape index (κ3) is 4.75. The van der Waals surface area contributed by atoms with E-state index >= 15 is 0 Å². The Morgan fingerprint density at radius 2 is 1.88 bits per heavy atom. The van der Waals surface area contributed by atoms with Crippen molar-refractivity contribution in [3.05, 3.63) is 64.2 Å². The first-order chi connectivity index (χ1) is 11.3. The summed E-state index contributed by atoms with van der Waals surface area (Å²) in [7, 11) is 0. The highest BCUT2D eigenvalue weighted by Gasteiger charge is 2.29. The standard InChI is InChI=1S/C16H13ClF3NO2S/c17-12-2-1-3-13(14(12)15(22)23)21-9-24-8-10-4-6-11(7-5-10)16(18,19)20/h1-7,9,21,24H,8H2,(H,22,23). The molecule has 0 saturated heterocycles. The molecule has 0 aliphatic heterocycles. The number of alkyl halides is 3. The maximum absolute atomic E-state index is 12.5. The molecule has 0 radical (unpaired) electrons. The van der Waals surface area contributed by atoms with E-state index < -0.39 is 17.7 Å². The Morgan fingerprint density at radius 1 is 1.21 bits per heavy atom. The largest absolute Gasteiger partial charge is 0.478 e. The summed E-state index contributed by atoms with van der Waals surface area (Å²) in [6.07, 6.45) is -4.34. The van der Waals surface area contributed by atoms with Crippen LogP contribution in [0.2, 0.25) is 5.02 Å². The third-order valence-corrected chi connectivity index (χ3v) is 4.27. The fraction of sp³-hybridized carbons (Fsp3) is 0.125. The number of carbonyl (C=O) groups is 1. The van der Waals surface area contributed by atoms with Gasteiger partial charge in [0.25, 0.3) is 0 Å². The summed E-state index contributed by atoms with van der Waals surface area (Å²) >= 11 is 6.63. The van der Waals surface area contributed by atoms with Gasteiger partial charge in [-0.2, -0.15) is 24.5 Å². The van der Waals surface area contributed by atoms with Crippen LogP contribution >= 0.6 is 23.0 Å². The average Bonchev–Trinajstić information content (AvgIpc) is 2.51. The highest BCUT2D eigenvalue weighted by molar-refractivity contribution is 7.96. The maximum atomic E-state index is 12.5. The van der Waals surface area contributed by atoms with Gasteiger partial charge in [-0.15, -0.1) is 0 Å². The fourth-order valence-electron chi connectivity index (χ4n) is 1.93. The summed E-state index contributed by atoms with van der Waals surface area (Å²) in [5.41, 5.74) is 2.01. The number of carboxylic acid groups (broad SMARTS) is 1. The number of hydrogen-bond acceptors (Lipinski definition) is 1. The van der Waals surface area contributed by atoms with Crippen LogP contribution in [0, 0.1) is 0 Å². The first-order valence-electron chi connectivity index (χ1n) is 6.72. The van der Waals surface area contributed by atoms with E-state index in [0.29, 0.717) is 11.4 Å². The topological polar surface area (TPSA) is 49.3 Å². The van der Waals surface area contributed by atoms with Crippen LogP contribution in [-0.2, 0) is 11.9 Å². The van der Waals surface area contributed by atoms with Gasteiger partial charge >= 0.3 is 12.1 Å². The molecule has 0 unspecified atom stereocenters. The van der Waals surface area contributed by atoms with Crippen molar-refractivity contribution in [3.63, 3.8) is 0 Å². The summed E-state index contributed by atoms with van der Waals surface area (Å²) in [4.78, 5) is 11.2. The van der Waals surface area contributed by atoms with Crippen molar-refractivity contribution >= 4 is 40.1 Å². The maximum Gasteiger partial charge on any atom is 0.416 e. The molecule has 24 heavy (non-hydrogen) atoms. The van der Waals surface area contributed by atoms with Gasteiger partial charge in [-0.3, -0.25) is 0 Å². The van der Waals surface area contributed by atoms with Gasteiger partial charge in [0.05, 0.1) is 16.3 Å². The number of hydrogen-bond donors (Lipinski definition) is 3. The molecule has 0 aliphatic carbocycles. The Hall–Kier alpha value is -1.99. The lowest BCUT2D eigenvalue weighted by molar-refractivity contribution is -0.137. The zero-order chi connectivity index (χ0) is 17.7. The summed E-state index contributed by atoms with van der Waals surface area (Å²) in [5.74, 6) is -0.649. The van der Waals surface area contributed by atoms with Gasteiger partial charge < -0.3 is 10.4 Å². The van der Waals surface area contributed by atoms with E-state index in [4.69, 9.17) is 16.7 Å². The van der Waals surface area contributed by atoms with Crippen molar-refractivity contribution in [2.45, 2.75) is 11.9 Å². The van der Waals surface area contributed by atoms with E-state index in [1.165, 1.54) is 18.2 Å². The minimum Gasteiger partial charge on any atom is -0.478 e. The lowest BCUT2D eigenvalue weighted by atomic mass is 10.1. The van der Waals surface area contributed by atoms with Crippen LogP contribution in [0.1, 0.15) is 21.5 Å². The van der Waals surface area contributed by atoms with Crippen molar-refractivity contribution in [3.8, 4) is 0 Å². The van der Waals surface area contributed by atoms with E-state index in [-0.39, 0.29) is 10.6 Å². The number of benzene rings is 2. The number of halogens is 4. The van der Waals surface area contributed by atoms with E-state index in [0.717, 1.165) is 29.0 Å². The molecule has 0 heterocycles. The molecule has 2 aromatic rings. The normalized spacial score (nSPS) is 12.0. The molecule has 0 spiro atoms. The monoisotopic (exact) mass is 375 g/mol. The number of thiol groups is 1. The molecule has 2 N–H and O–H groups in total. The van der Waals surface area contributed by atoms with Gasteiger partial charge in [0.2, 0.25) is 0 Å². The second kappa shape index (κ2) is 7.72.